The van der Waals surface area contributed by atoms with E-state index in [2.05, 4.69) is 24.1 Å². The van der Waals surface area contributed by atoms with Crippen LogP contribution in [0.4, 0.5) is 0 Å². The zero-order valence-corrected chi connectivity index (χ0v) is 14.1. The molecule has 1 fully saturated rings. The Labute approximate surface area is 130 Å². The van der Waals surface area contributed by atoms with E-state index < -0.39 is 0 Å². The maximum atomic E-state index is 5.68. The highest BCUT2D eigenvalue weighted by Gasteiger charge is 2.25. The van der Waals surface area contributed by atoms with Gasteiger partial charge in [-0.3, -0.25) is 4.90 Å². The summed E-state index contributed by atoms with van der Waals surface area (Å²) in [5.74, 6) is 0. The third-order valence-corrected chi connectivity index (χ3v) is 4.05. The fourth-order valence-electron chi connectivity index (χ4n) is 2.74. The maximum absolute atomic E-state index is 5.68. The maximum Gasteiger partial charge on any atom is 0.0701 e. The number of piperazine rings is 1. The second kappa shape index (κ2) is 12.4. The summed E-state index contributed by atoms with van der Waals surface area (Å²) in [5, 5.41) is 3.65. The van der Waals surface area contributed by atoms with Gasteiger partial charge in [0.2, 0.25) is 0 Å². The Kier molecular flexibility index (Phi) is 11.1. The first kappa shape index (κ1) is 18.8. The lowest BCUT2D eigenvalue weighted by Gasteiger charge is -2.40. The van der Waals surface area contributed by atoms with E-state index in [-0.39, 0.29) is 0 Å². The number of rotatable bonds is 12. The molecule has 1 saturated heterocycles. The van der Waals surface area contributed by atoms with Gasteiger partial charge < -0.3 is 19.5 Å². The molecule has 2 unspecified atom stereocenters. The highest BCUT2D eigenvalue weighted by molar-refractivity contribution is 4.85. The Morgan fingerprint density at radius 3 is 2.43 bits per heavy atom. The predicted octanol–water partition coefficient (Wildman–Crippen LogP) is 1.52. The fourth-order valence-corrected chi connectivity index (χ4v) is 2.74. The van der Waals surface area contributed by atoms with E-state index in [1.807, 2.05) is 0 Å². The first-order valence-corrected chi connectivity index (χ1v) is 8.43. The van der Waals surface area contributed by atoms with E-state index in [0.717, 1.165) is 26.2 Å². The third kappa shape index (κ3) is 8.12. The first-order valence-electron chi connectivity index (χ1n) is 8.43. The summed E-state index contributed by atoms with van der Waals surface area (Å²) in [6.45, 7) is 11.2. The van der Waals surface area contributed by atoms with Crippen LogP contribution in [0.15, 0.2) is 0 Å². The lowest BCUT2D eigenvalue weighted by molar-refractivity contribution is 0.0118. The fraction of sp³-hybridized carbons (Fsp3) is 1.00. The summed E-state index contributed by atoms with van der Waals surface area (Å²) >= 11 is 0. The van der Waals surface area contributed by atoms with E-state index >= 15 is 0 Å². The molecule has 0 aliphatic carbocycles. The molecule has 1 rings (SSSR count). The molecule has 0 spiro atoms. The van der Waals surface area contributed by atoms with Crippen molar-refractivity contribution in [2.75, 3.05) is 59.8 Å². The van der Waals surface area contributed by atoms with Gasteiger partial charge in [-0.1, -0.05) is 20.3 Å². The SMILES string of the molecule is CCCC1CNC(CC)CN1CCOCCOCCOC. The van der Waals surface area contributed by atoms with Crippen LogP contribution in [0.25, 0.3) is 0 Å². The molecule has 1 N–H and O–H groups in total. The van der Waals surface area contributed by atoms with Crippen LogP contribution in [0.3, 0.4) is 0 Å². The number of hydrogen-bond acceptors (Lipinski definition) is 5. The molecule has 1 aliphatic rings. The standard InChI is InChI=1S/C16H34N2O3/c1-4-6-16-13-17-15(5-2)14-18(16)7-8-20-11-12-21-10-9-19-3/h15-17H,4-14H2,1-3H3. The van der Waals surface area contributed by atoms with Crippen molar-refractivity contribution in [1.82, 2.24) is 10.2 Å². The van der Waals surface area contributed by atoms with E-state index in [0.29, 0.717) is 38.5 Å². The van der Waals surface area contributed by atoms with Crippen molar-refractivity contribution < 1.29 is 14.2 Å². The van der Waals surface area contributed by atoms with Crippen molar-refractivity contribution in [3.8, 4) is 0 Å². The number of methoxy groups -OCH3 is 1. The van der Waals surface area contributed by atoms with E-state index in [1.54, 1.807) is 7.11 Å². The number of nitrogens with zero attached hydrogens (tertiary/aromatic N) is 1. The third-order valence-electron chi connectivity index (χ3n) is 4.05. The Morgan fingerprint density at radius 2 is 1.76 bits per heavy atom. The Morgan fingerprint density at radius 1 is 1.05 bits per heavy atom. The molecule has 2 atom stereocenters. The van der Waals surface area contributed by atoms with Gasteiger partial charge in [-0.05, 0) is 12.8 Å². The van der Waals surface area contributed by atoms with Gasteiger partial charge in [0.25, 0.3) is 0 Å². The zero-order valence-electron chi connectivity index (χ0n) is 14.1. The summed E-state index contributed by atoms with van der Waals surface area (Å²) in [6.07, 6.45) is 3.71. The van der Waals surface area contributed by atoms with Gasteiger partial charge in [0.15, 0.2) is 0 Å². The molecule has 0 bridgehead atoms. The van der Waals surface area contributed by atoms with Crippen molar-refractivity contribution >= 4 is 0 Å². The van der Waals surface area contributed by atoms with Gasteiger partial charge in [0.05, 0.1) is 33.0 Å². The summed E-state index contributed by atoms with van der Waals surface area (Å²) in [5.41, 5.74) is 0. The Hall–Kier alpha value is -0.200. The number of nitrogens with one attached hydrogen (secondary N) is 1. The number of ether oxygens (including phenoxy) is 3. The highest BCUT2D eigenvalue weighted by atomic mass is 16.5. The van der Waals surface area contributed by atoms with Crippen molar-refractivity contribution in [1.29, 1.82) is 0 Å². The smallest absolute Gasteiger partial charge is 0.0701 e. The quantitative estimate of drug-likeness (QED) is 0.554. The largest absolute Gasteiger partial charge is 0.382 e. The molecule has 0 amide bonds. The Bertz CT molecular complexity index is 242. The monoisotopic (exact) mass is 302 g/mol. The predicted molar refractivity (Wildman–Crippen MR) is 85.9 cm³/mol. The molecule has 1 aliphatic heterocycles. The molecule has 0 radical (unpaired) electrons. The molecule has 1 heterocycles. The van der Waals surface area contributed by atoms with E-state index in [4.69, 9.17) is 14.2 Å². The minimum atomic E-state index is 0.635. The summed E-state index contributed by atoms with van der Waals surface area (Å²) in [6, 6.07) is 1.30. The van der Waals surface area contributed by atoms with Gasteiger partial charge in [0, 0.05) is 38.8 Å². The van der Waals surface area contributed by atoms with Crippen LogP contribution in [0.5, 0.6) is 0 Å². The van der Waals surface area contributed by atoms with Gasteiger partial charge in [-0.25, -0.2) is 0 Å². The second-order valence-electron chi connectivity index (χ2n) is 5.67. The molecule has 21 heavy (non-hydrogen) atoms. The molecular weight excluding hydrogens is 268 g/mol. The molecular formula is C16H34N2O3. The molecule has 5 nitrogen and oxygen atoms in total. The molecule has 0 aromatic heterocycles. The van der Waals surface area contributed by atoms with Crippen LogP contribution < -0.4 is 5.32 Å². The minimum Gasteiger partial charge on any atom is -0.382 e. The minimum absolute atomic E-state index is 0.635. The van der Waals surface area contributed by atoms with Crippen molar-refractivity contribution in [2.24, 2.45) is 0 Å². The normalized spacial score (nSPS) is 23.6. The van der Waals surface area contributed by atoms with Crippen LogP contribution in [0.1, 0.15) is 33.1 Å². The summed E-state index contributed by atoms with van der Waals surface area (Å²) in [4.78, 5) is 2.60. The lowest BCUT2D eigenvalue weighted by atomic mass is 10.0. The zero-order chi connectivity index (χ0) is 15.3. The van der Waals surface area contributed by atoms with Gasteiger partial charge in [-0.15, -0.1) is 0 Å². The van der Waals surface area contributed by atoms with Crippen LogP contribution in [-0.2, 0) is 14.2 Å². The average Bonchev–Trinajstić information content (AvgIpc) is 2.51. The van der Waals surface area contributed by atoms with Crippen LogP contribution in [-0.4, -0.2) is 76.8 Å². The van der Waals surface area contributed by atoms with E-state index in [9.17, 15) is 0 Å². The van der Waals surface area contributed by atoms with Crippen molar-refractivity contribution in [2.45, 2.75) is 45.2 Å². The lowest BCUT2D eigenvalue weighted by Crippen LogP contribution is -2.56. The van der Waals surface area contributed by atoms with Gasteiger partial charge in [-0.2, -0.15) is 0 Å². The summed E-state index contributed by atoms with van der Waals surface area (Å²) < 4.78 is 16.0. The average molecular weight is 302 g/mol. The van der Waals surface area contributed by atoms with Gasteiger partial charge in [0.1, 0.15) is 0 Å². The molecule has 5 heteroatoms. The van der Waals surface area contributed by atoms with Gasteiger partial charge >= 0.3 is 0 Å². The van der Waals surface area contributed by atoms with E-state index in [1.165, 1.54) is 19.3 Å². The van der Waals surface area contributed by atoms with Crippen LogP contribution >= 0.6 is 0 Å². The molecule has 126 valence electrons. The van der Waals surface area contributed by atoms with Crippen molar-refractivity contribution in [3.63, 3.8) is 0 Å². The second-order valence-corrected chi connectivity index (χ2v) is 5.67. The Balaban J connectivity index is 2.11. The topological polar surface area (TPSA) is 43.0 Å². The molecule has 0 aromatic rings. The van der Waals surface area contributed by atoms with Crippen molar-refractivity contribution in [3.05, 3.63) is 0 Å². The first-order chi connectivity index (χ1) is 10.3. The van der Waals surface area contributed by atoms with Crippen LogP contribution in [0, 0.1) is 0 Å². The highest BCUT2D eigenvalue weighted by Crippen LogP contribution is 2.13. The molecule has 0 aromatic carbocycles. The molecule has 0 saturated carbocycles. The summed E-state index contributed by atoms with van der Waals surface area (Å²) in [7, 11) is 1.68. The number of hydrogen-bond donors (Lipinski definition) is 1. The van der Waals surface area contributed by atoms with Crippen LogP contribution in [0.2, 0.25) is 0 Å².